The third kappa shape index (κ3) is 1.60. The molecular formula is C6H11N3O2. The summed E-state index contributed by atoms with van der Waals surface area (Å²) in [6, 6.07) is -0.471. The van der Waals surface area contributed by atoms with Crippen molar-refractivity contribution in [1.29, 1.82) is 0 Å². The number of nitrogens with one attached hydrogen (secondary N) is 1. The van der Waals surface area contributed by atoms with Crippen molar-refractivity contribution in [3.05, 3.63) is 0 Å². The highest BCUT2D eigenvalue weighted by atomic mass is 16.2. The van der Waals surface area contributed by atoms with Crippen LogP contribution >= 0.6 is 0 Å². The number of hydrogen-bond acceptors (Lipinski definition) is 2. The molecular weight excluding hydrogens is 146 g/mol. The van der Waals surface area contributed by atoms with Gasteiger partial charge in [0, 0.05) is 6.54 Å². The van der Waals surface area contributed by atoms with Gasteiger partial charge < -0.3 is 16.0 Å². The summed E-state index contributed by atoms with van der Waals surface area (Å²) in [4.78, 5) is 22.2. The minimum atomic E-state index is -0.471. The fourth-order valence-corrected chi connectivity index (χ4v) is 1.28. The SMILES string of the molecule is NC(=O)N1CCCC1NC=O. The van der Waals surface area contributed by atoms with Gasteiger partial charge in [-0.1, -0.05) is 0 Å². The summed E-state index contributed by atoms with van der Waals surface area (Å²) in [5, 5.41) is 2.52. The Labute approximate surface area is 64.5 Å². The predicted molar refractivity (Wildman–Crippen MR) is 38.5 cm³/mol. The first-order valence-corrected chi connectivity index (χ1v) is 3.51. The topological polar surface area (TPSA) is 75.4 Å². The van der Waals surface area contributed by atoms with Crippen molar-refractivity contribution in [2.45, 2.75) is 19.0 Å². The lowest BCUT2D eigenvalue weighted by molar-refractivity contribution is -0.110. The highest BCUT2D eigenvalue weighted by Crippen LogP contribution is 2.13. The highest BCUT2D eigenvalue weighted by molar-refractivity contribution is 5.73. The van der Waals surface area contributed by atoms with Crippen molar-refractivity contribution in [3.63, 3.8) is 0 Å². The first-order valence-electron chi connectivity index (χ1n) is 3.51. The molecule has 3 amide bonds. The van der Waals surface area contributed by atoms with E-state index in [0.717, 1.165) is 12.8 Å². The van der Waals surface area contributed by atoms with Crippen LogP contribution in [0.2, 0.25) is 0 Å². The Morgan fingerprint density at radius 1 is 1.73 bits per heavy atom. The average molecular weight is 157 g/mol. The van der Waals surface area contributed by atoms with Crippen molar-refractivity contribution in [3.8, 4) is 0 Å². The molecule has 5 heteroatoms. The third-order valence-corrected chi connectivity index (χ3v) is 1.80. The summed E-state index contributed by atoms with van der Waals surface area (Å²) in [6.07, 6.45) is 2.09. The van der Waals surface area contributed by atoms with Crippen molar-refractivity contribution >= 4 is 12.4 Å². The molecule has 1 rings (SSSR count). The third-order valence-electron chi connectivity index (χ3n) is 1.80. The van der Waals surface area contributed by atoms with Crippen LogP contribution in [0.4, 0.5) is 4.79 Å². The van der Waals surface area contributed by atoms with E-state index in [2.05, 4.69) is 5.32 Å². The molecule has 0 aromatic heterocycles. The van der Waals surface area contributed by atoms with Gasteiger partial charge in [-0.15, -0.1) is 0 Å². The number of amides is 3. The van der Waals surface area contributed by atoms with Gasteiger partial charge in [0.05, 0.1) is 0 Å². The van der Waals surface area contributed by atoms with E-state index in [1.807, 2.05) is 0 Å². The molecule has 1 fully saturated rings. The zero-order valence-electron chi connectivity index (χ0n) is 6.12. The Hall–Kier alpha value is -1.26. The van der Waals surface area contributed by atoms with Gasteiger partial charge in [-0.2, -0.15) is 0 Å². The van der Waals surface area contributed by atoms with Gasteiger partial charge in [-0.3, -0.25) is 4.79 Å². The molecule has 0 bridgehead atoms. The van der Waals surface area contributed by atoms with Gasteiger partial charge in [0.15, 0.2) is 0 Å². The molecule has 0 spiro atoms. The molecule has 5 nitrogen and oxygen atoms in total. The second kappa shape index (κ2) is 3.23. The second-order valence-electron chi connectivity index (χ2n) is 2.47. The molecule has 11 heavy (non-hydrogen) atoms. The Bertz CT molecular complexity index is 171. The molecule has 1 aliphatic heterocycles. The number of rotatable bonds is 2. The van der Waals surface area contributed by atoms with Crippen LogP contribution in [0.5, 0.6) is 0 Å². The van der Waals surface area contributed by atoms with E-state index in [1.54, 1.807) is 0 Å². The number of carbonyl (C=O) groups is 2. The van der Waals surface area contributed by atoms with Crippen LogP contribution in [0.25, 0.3) is 0 Å². The summed E-state index contributed by atoms with van der Waals surface area (Å²) < 4.78 is 0. The molecule has 1 heterocycles. The smallest absolute Gasteiger partial charge is 0.316 e. The molecule has 62 valence electrons. The van der Waals surface area contributed by atoms with Crippen molar-refractivity contribution < 1.29 is 9.59 Å². The summed E-state index contributed by atoms with van der Waals surface area (Å²) in [7, 11) is 0. The number of likely N-dealkylation sites (tertiary alicyclic amines) is 1. The largest absolute Gasteiger partial charge is 0.351 e. The van der Waals surface area contributed by atoms with E-state index >= 15 is 0 Å². The van der Waals surface area contributed by atoms with E-state index in [9.17, 15) is 9.59 Å². The van der Waals surface area contributed by atoms with Crippen LogP contribution in [0.3, 0.4) is 0 Å². The minimum absolute atomic E-state index is 0.190. The first-order chi connectivity index (χ1) is 5.25. The van der Waals surface area contributed by atoms with E-state index in [4.69, 9.17) is 5.73 Å². The summed E-state index contributed by atoms with van der Waals surface area (Å²) in [6.45, 7) is 0.640. The first kappa shape index (κ1) is 7.84. The summed E-state index contributed by atoms with van der Waals surface area (Å²) in [5.74, 6) is 0. The lowest BCUT2D eigenvalue weighted by atomic mass is 10.3. The predicted octanol–water partition coefficient (Wildman–Crippen LogP) is -0.767. The molecule has 0 aliphatic carbocycles. The average Bonchev–Trinajstić information content (AvgIpc) is 2.36. The zero-order chi connectivity index (χ0) is 8.27. The number of urea groups is 1. The standard InChI is InChI=1S/C6H11N3O2/c7-6(11)9-3-1-2-5(9)8-4-10/h4-5H,1-3H2,(H2,7,11)(H,8,10). The van der Waals surface area contributed by atoms with Gasteiger partial charge in [-0.05, 0) is 12.8 Å². The zero-order valence-corrected chi connectivity index (χ0v) is 6.12. The lowest BCUT2D eigenvalue weighted by Crippen LogP contribution is -2.46. The molecule has 0 aromatic rings. The molecule has 1 unspecified atom stereocenters. The van der Waals surface area contributed by atoms with E-state index < -0.39 is 6.03 Å². The van der Waals surface area contributed by atoms with Crippen LogP contribution < -0.4 is 11.1 Å². The fraction of sp³-hybridized carbons (Fsp3) is 0.667. The number of nitrogens with zero attached hydrogens (tertiary/aromatic N) is 1. The molecule has 1 atom stereocenters. The summed E-state index contributed by atoms with van der Waals surface area (Å²) >= 11 is 0. The van der Waals surface area contributed by atoms with E-state index in [-0.39, 0.29) is 6.17 Å². The molecule has 0 saturated carbocycles. The van der Waals surface area contributed by atoms with Crippen LogP contribution in [-0.4, -0.2) is 30.1 Å². The number of carbonyl (C=O) groups excluding carboxylic acids is 2. The number of nitrogens with two attached hydrogens (primary N) is 1. The van der Waals surface area contributed by atoms with Crippen LogP contribution in [-0.2, 0) is 4.79 Å². The monoisotopic (exact) mass is 157 g/mol. The fourth-order valence-electron chi connectivity index (χ4n) is 1.28. The quantitative estimate of drug-likeness (QED) is 0.516. The number of primary amides is 1. The molecule has 0 aromatic carbocycles. The van der Waals surface area contributed by atoms with Crippen LogP contribution in [0.1, 0.15) is 12.8 Å². The Balaban J connectivity index is 2.50. The maximum atomic E-state index is 10.7. The molecule has 3 N–H and O–H groups in total. The van der Waals surface area contributed by atoms with Crippen LogP contribution in [0.15, 0.2) is 0 Å². The van der Waals surface area contributed by atoms with Crippen molar-refractivity contribution in [2.75, 3.05) is 6.54 Å². The van der Waals surface area contributed by atoms with Crippen molar-refractivity contribution in [2.24, 2.45) is 5.73 Å². The van der Waals surface area contributed by atoms with Crippen LogP contribution in [0, 0.1) is 0 Å². The van der Waals surface area contributed by atoms with Crippen molar-refractivity contribution in [1.82, 2.24) is 10.2 Å². The Morgan fingerprint density at radius 2 is 2.45 bits per heavy atom. The van der Waals surface area contributed by atoms with Gasteiger partial charge >= 0.3 is 6.03 Å². The molecule has 1 saturated heterocycles. The van der Waals surface area contributed by atoms with E-state index in [0.29, 0.717) is 13.0 Å². The van der Waals surface area contributed by atoms with Gasteiger partial charge in [-0.25, -0.2) is 4.79 Å². The molecule has 1 aliphatic rings. The Kier molecular flexibility index (Phi) is 2.30. The maximum absolute atomic E-state index is 10.7. The Morgan fingerprint density at radius 3 is 3.00 bits per heavy atom. The lowest BCUT2D eigenvalue weighted by Gasteiger charge is -2.21. The maximum Gasteiger partial charge on any atom is 0.316 e. The molecule has 0 radical (unpaired) electrons. The second-order valence-corrected chi connectivity index (χ2v) is 2.47. The van der Waals surface area contributed by atoms with Gasteiger partial charge in [0.2, 0.25) is 6.41 Å². The highest BCUT2D eigenvalue weighted by Gasteiger charge is 2.25. The summed E-state index contributed by atoms with van der Waals surface area (Å²) in [5.41, 5.74) is 5.05. The van der Waals surface area contributed by atoms with Gasteiger partial charge in [0.25, 0.3) is 0 Å². The number of hydrogen-bond donors (Lipinski definition) is 2. The van der Waals surface area contributed by atoms with E-state index in [1.165, 1.54) is 4.90 Å². The van der Waals surface area contributed by atoms with Gasteiger partial charge in [0.1, 0.15) is 6.17 Å². The minimum Gasteiger partial charge on any atom is -0.351 e. The normalized spacial score (nSPS) is 23.3.